The first-order valence-electron chi connectivity index (χ1n) is 5.29. The van der Waals surface area contributed by atoms with E-state index in [1.807, 2.05) is 32.8 Å². The SMILES string of the molecule is CN(C)C(C)(C)C(=O)Cc1ccc(F)cc1. The summed E-state index contributed by atoms with van der Waals surface area (Å²) in [7, 11) is 3.76. The van der Waals surface area contributed by atoms with E-state index < -0.39 is 5.54 Å². The highest BCUT2D eigenvalue weighted by Gasteiger charge is 2.29. The van der Waals surface area contributed by atoms with Gasteiger partial charge in [0.25, 0.3) is 0 Å². The molecule has 1 aromatic rings. The van der Waals surface area contributed by atoms with Gasteiger partial charge in [0.1, 0.15) is 5.82 Å². The first-order valence-corrected chi connectivity index (χ1v) is 5.29. The Morgan fingerprint density at radius 1 is 1.25 bits per heavy atom. The molecule has 0 heterocycles. The van der Waals surface area contributed by atoms with Crippen LogP contribution in [0.1, 0.15) is 19.4 Å². The molecule has 0 spiro atoms. The van der Waals surface area contributed by atoms with E-state index in [1.165, 1.54) is 12.1 Å². The van der Waals surface area contributed by atoms with E-state index in [0.29, 0.717) is 6.42 Å². The van der Waals surface area contributed by atoms with Crippen LogP contribution in [0.5, 0.6) is 0 Å². The van der Waals surface area contributed by atoms with E-state index in [2.05, 4.69) is 0 Å². The molecule has 0 radical (unpaired) electrons. The largest absolute Gasteiger partial charge is 0.298 e. The standard InChI is InChI=1S/C13H18FNO/c1-13(2,15(3)4)12(16)9-10-5-7-11(14)8-6-10/h5-8H,9H2,1-4H3. The maximum Gasteiger partial charge on any atom is 0.156 e. The molecule has 0 aliphatic rings. The number of hydrogen-bond donors (Lipinski definition) is 0. The number of likely N-dealkylation sites (N-methyl/N-ethyl adjacent to an activating group) is 1. The van der Waals surface area contributed by atoms with Gasteiger partial charge in [-0.3, -0.25) is 9.69 Å². The molecule has 88 valence electrons. The van der Waals surface area contributed by atoms with Crippen LogP contribution >= 0.6 is 0 Å². The van der Waals surface area contributed by atoms with Crippen molar-refractivity contribution in [2.45, 2.75) is 25.8 Å². The maximum atomic E-state index is 12.7. The van der Waals surface area contributed by atoms with Crippen LogP contribution in [0, 0.1) is 5.82 Å². The smallest absolute Gasteiger partial charge is 0.156 e. The summed E-state index contributed by atoms with van der Waals surface area (Å²) in [4.78, 5) is 13.9. The fourth-order valence-corrected chi connectivity index (χ4v) is 1.25. The summed E-state index contributed by atoms with van der Waals surface area (Å²) in [6.45, 7) is 3.78. The molecular formula is C13H18FNO. The third-order valence-electron chi connectivity index (χ3n) is 3.08. The Hall–Kier alpha value is -1.22. The number of carbonyl (C=O) groups is 1. The van der Waals surface area contributed by atoms with E-state index in [1.54, 1.807) is 12.1 Å². The summed E-state index contributed by atoms with van der Waals surface area (Å²) in [5, 5.41) is 0. The highest BCUT2D eigenvalue weighted by molar-refractivity contribution is 5.89. The average Bonchev–Trinajstić information content (AvgIpc) is 2.21. The first-order chi connectivity index (χ1) is 7.34. The van der Waals surface area contributed by atoms with Crippen molar-refractivity contribution in [1.29, 1.82) is 0 Å². The van der Waals surface area contributed by atoms with Gasteiger partial charge in [-0.2, -0.15) is 0 Å². The molecule has 0 saturated heterocycles. The zero-order chi connectivity index (χ0) is 12.3. The van der Waals surface area contributed by atoms with Gasteiger partial charge in [-0.25, -0.2) is 4.39 Å². The van der Waals surface area contributed by atoms with Gasteiger partial charge in [0.05, 0.1) is 5.54 Å². The quantitative estimate of drug-likeness (QED) is 0.780. The van der Waals surface area contributed by atoms with E-state index in [0.717, 1.165) is 5.56 Å². The topological polar surface area (TPSA) is 20.3 Å². The van der Waals surface area contributed by atoms with Gasteiger partial charge in [-0.15, -0.1) is 0 Å². The molecule has 0 aliphatic heterocycles. The summed E-state index contributed by atoms with van der Waals surface area (Å²) in [5.74, 6) is -0.146. The van der Waals surface area contributed by atoms with Gasteiger partial charge >= 0.3 is 0 Å². The normalized spacial score (nSPS) is 11.9. The van der Waals surface area contributed by atoms with Gasteiger partial charge in [0, 0.05) is 6.42 Å². The monoisotopic (exact) mass is 223 g/mol. The van der Waals surface area contributed by atoms with E-state index >= 15 is 0 Å². The molecule has 0 atom stereocenters. The van der Waals surface area contributed by atoms with E-state index in [-0.39, 0.29) is 11.6 Å². The predicted octanol–water partition coefficient (Wildman–Crippen LogP) is 2.28. The summed E-state index contributed by atoms with van der Waals surface area (Å²) in [6, 6.07) is 6.06. The summed E-state index contributed by atoms with van der Waals surface area (Å²) >= 11 is 0. The second-order valence-corrected chi connectivity index (χ2v) is 4.68. The molecule has 0 aliphatic carbocycles. The second-order valence-electron chi connectivity index (χ2n) is 4.68. The van der Waals surface area contributed by atoms with Crippen molar-refractivity contribution in [2.75, 3.05) is 14.1 Å². The summed E-state index contributed by atoms with van der Waals surface area (Å²) in [5.41, 5.74) is 0.357. The van der Waals surface area contributed by atoms with Crippen LogP contribution < -0.4 is 0 Å². The molecule has 0 saturated carbocycles. The van der Waals surface area contributed by atoms with Crippen LogP contribution in [0.3, 0.4) is 0 Å². The first kappa shape index (κ1) is 12.8. The van der Waals surface area contributed by atoms with Crippen molar-refractivity contribution in [3.05, 3.63) is 35.6 Å². The van der Waals surface area contributed by atoms with Crippen molar-refractivity contribution in [2.24, 2.45) is 0 Å². The molecule has 0 aromatic heterocycles. The van der Waals surface area contributed by atoms with Gasteiger partial charge in [0.15, 0.2) is 5.78 Å². The predicted molar refractivity (Wildman–Crippen MR) is 62.9 cm³/mol. The van der Waals surface area contributed by atoms with Gasteiger partial charge in [-0.1, -0.05) is 12.1 Å². The Kier molecular flexibility index (Phi) is 3.81. The van der Waals surface area contributed by atoms with Crippen LogP contribution in [0.25, 0.3) is 0 Å². The number of Topliss-reactive ketones (excluding diaryl/α,β-unsaturated/α-hetero) is 1. The number of benzene rings is 1. The Balaban J connectivity index is 2.75. The number of nitrogens with zero attached hydrogens (tertiary/aromatic N) is 1. The molecule has 0 unspecified atom stereocenters. The van der Waals surface area contributed by atoms with Crippen LogP contribution in [0.4, 0.5) is 4.39 Å². The van der Waals surface area contributed by atoms with Crippen LogP contribution in [0.15, 0.2) is 24.3 Å². The van der Waals surface area contributed by atoms with Crippen molar-refractivity contribution in [3.8, 4) is 0 Å². The van der Waals surface area contributed by atoms with Crippen molar-refractivity contribution in [3.63, 3.8) is 0 Å². The molecule has 0 bridgehead atoms. The Labute approximate surface area is 96.1 Å². The maximum absolute atomic E-state index is 12.7. The summed E-state index contributed by atoms with van der Waals surface area (Å²) < 4.78 is 12.7. The molecule has 1 rings (SSSR count). The van der Waals surface area contributed by atoms with E-state index in [9.17, 15) is 9.18 Å². The zero-order valence-electron chi connectivity index (χ0n) is 10.2. The molecule has 0 N–H and O–H groups in total. The molecule has 0 amide bonds. The lowest BCUT2D eigenvalue weighted by molar-refractivity contribution is -0.127. The third kappa shape index (κ3) is 2.89. The van der Waals surface area contributed by atoms with Crippen molar-refractivity contribution in [1.82, 2.24) is 4.90 Å². The number of carbonyl (C=O) groups excluding carboxylic acids is 1. The Morgan fingerprint density at radius 2 is 1.75 bits per heavy atom. The molecule has 0 fully saturated rings. The molecular weight excluding hydrogens is 205 g/mol. The average molecular weight is 223 g/mol. The number of hydrogen-bond acceptors (Lipinski definition) is 2. The summed E-state index contributed by atoms with van der Waals surface area (Å²) in [6.07, 6.45) is 0.339. The van der Waals surface area contributed by atoms with Crippen LogP contribution in [-0.2, 0) is 11.2 Å². The number of rotatable bonds is 4. The Morgan fingerprint density at radius 3 is 2.19 bits per heavy atom. The van der Waals surface area contributed by atoms with Gasteiger partial charge < -0.3 is 0 Å². The van der Waals surface area contributed by atoms with Crippen molar-refractivity contribution >= 4 is 5.78 Å². The Bertz CT molecular complexity index is 368. The highest BCUT2D eigenvalue weighted by atomic mass is 19.1. The lowest BCUT2D eigenvalue weighted by atomic mass is 9.92. The second kappa shape index (κ2) is 4.74. The highest BCUT2D eigenvalue weighted by Crippen LogP contribution is 2.15. The minimum absolute atomic E-state index is 0.129. The number of halogens is 1. The molecule has 1 aromatic carbocycles. The van der Waals surface area contributed by atoms with Gasteiger partial charge in [-0.05, 0) is 45.6 Å². The third-order valence-corrected chi connectivity index (χ3v) is 3.08. The van der Waals surface area contributed by atoms with Gasteiger partial charge in [0.2, 0.25) is 0 Å². The number of ketones is 1. The van der Waals surface area contributed by atoms with E-state index in [4.69, 9.17) is 0 Å². The molecule has 2 nitrogen and oxygen atoms in total. The minimum atomic E-state index is -0.492. The fraction of sp³-hybridized carbons (Fsp3) is 0.462. The van der Waals surface area contributed by atoms with Crippen LogP contribution in [-0.4, -0.2) is 30.3 Å². The fourth-order valence-electron chi connectivity index (χ4n) is 1.25. The molecule has 16 heavy (non-hydrogen) atoms. The lowest BCUT2D eigenvalue weighted by Crippen LogP contribution is -2.46. The molecule has 3 heteroatoms. The minimum Gasteiger partial charge on any atom is -0.298 e. The van der Waals surface area contributed by atoms with Crippen LogP contribution in [0.2, 0.25) is 0 Å². The van der Waals surface area contributed by atoms with Crippen molar-refractivity contribution < 1.29 is 9.18 Å². The lowest BCUT2D eigenvalue weighted by Gasteiger charge is -2.30. The zero-order valence-corrected chi connectivity index (χ0v) is 10.2.